The molecule has 1 amide bonds. The topological polar surface area (TPSA) is 41.1 Å². The summed E-state index contributed by atoms with van der Waals surface area (Å²) in [5.74, 6) is -0.0399. The van der Waals surface area contributed by atoms with Crippen LogP contribution in [-0.2, 0) is 4.79 Å². The van der Waals surface area contributed by atoms with Crippen molar-refractivity contribution in [1.29, 1.82) is 0 Å². The smallest absolute Gasteiger partial charge is 0.239 e. The van der Waals surface area contributed by atoms with Gasteiger partial charge in [0.15, 0.2) is 0 Å². The highest BCUT2D eigenvalue weighted by Gasteiger charge is 2.05. The van der Waals surface area contributed by atoms with E-state index >= 15 is 0 Å². The first-order valence-electron chi connectivity index (χ1n) is 4.97. The Labute approximate surface area is 109 Å². The van der Waals surface area contributed by atoms with Gasteiger partial charge < -0.3 is 10.6 Å². The molecule has 0 fully saturated rings. The Balaban J connectivity index is 2.54. The van der Waals surface area contributed by atoms with Crippen molar-refractivity contribution in [3.63, 3.8) is 0 Å². The van der Waals surface area contributed by atoms with Crippen LogP contribution in [-0.4, -0.2) is 18.5 Å². The van der Waals surface area contributed by atoms with E-state index in [9.17, 15) is 4.79 Å². The monoisotopic (exact) mass is 304 g/mol. The van der Waals surface area contributed by atoms with Crippen molar-refractivity contribution >= 4 is 39.1 Å². The lowest BCUT2D eigenvalue weighted by Crippen LogP contribution is -2.34. The molecule has 3 nitrogen and oxygen atoms in total. The molecule has 1 aromatic carbocycles. The molecule has 0 spiro atoms. The van der Waals surface area contributed by atoms with E-state index in [1.807, 2.05) is 19.9 Å². The zero-order valence-electron chi connectivity index (χ0n) is 9.18. The summed E-state index contributed by atoms with van der Waals surface area (Å²) in [5.41, 5.74) is 0.811. The molecule has 0 saturated heterocycles. The molecular weight excluding hydrogens is 291 g/mol. The van der Waals surface area contributed by atoms with E-state index in [1.54, 1.807) is 12.1 Å². The maximum absolute atomic E-state index is 11.4. The summed E-state index contributed by atoms with van der Waals surface area (Å²) in [5, 5.41) is 6.45. The highest BCUT2D eigenvalue weighted by Crippen LogP contribution is 2.25. The molecule has 0 aliphatic rings. The van der Waals surface area contributed by atoms with Gasteiger partial charge in [0.25, 0.3) is 0 Å². The molecule has 0 atom stereocenters. The number of halogens is 2. The first kappa shape index (κ1) is 13.3. The first-order valence-corrected chi connectivity index (χ1v) is 6.14. The third-order valence-corrected chi connectivity index (χ3v) is 2.74. The van der Waals surface area contributed by atoms with Gasteiger partial charge in [-0.25, -0.2) is 0 Å². The summed E-state index contributed by atoms with van der Waals surface area (Å²) < 4.78 is 0.884. The molecule has 0 heterocycles. The lowest BCUT2D eigenvalue weighted by molar-refractivity contribution is -0.119. The van der Waals surface area contributed by atoms with Crippen molar-refractivity contribution in [1.82, 2.24) is 5.32 Å². The second-order valence-corrected chi connectivity index (χ2v) is 4.99. The fourth-order valence-corrected chi connectivity index (χ4v) is 1.74. The Bertz CT molecular complexity index is 382. The molecule has 1 aromatic rings. The van der Waals surface area contributed by atoms with Gasteiger partial charge in [-0.2, -0.15) is 0 Å². The Hall–Kier alpha value is -0.740. The Morgan fingerprint density at radius 3 is 2.81 bits per heavy atom. The highest BCUT2D eigenvalue weighted by molar-refractivity contribution is 9.10. The van der Waals surface area contributed by atoms with Gasteiger partial charge in [0, 0.05) is 15.5 Å². The van der Waals surface area contributed by atoms with Gasteiger partial charge in [0.1, 0.15) is 0 Å². The van der Waals surface area contributed by atoms with Crippen LogP contribution in [0.4, 0.5) is 5.69 Å². The van der Waals surface area contributed by atoms with Crippen LogP contribution in [0.3, 0.4) is 0 Å². The molecule has 0 unspecified atom stereocenters. The van der Waals surface area contributed by atoms with E-state index in [1.165, 1.54) is 0 Å². The number of hydrogen-bond donors (Lipinski definition) is 2. The van der Waals surface area contributed by atoms with Crippen LogP contribution in [0.5, 0.6) is 0 Å². The third kappa shape index (κ3) is 4.41. The van der Waals surface area contributed by atoms with Crippen molar-refractivity contribution in [2.75, 3.05) is 11.9 Å². The second-order valence-electron chi connectivity index (χ2n) is 3.70. The molecular formula is C11H14BrClN2O. The summed E-state index contributed by atoms with van der Waals surface area (Å²) in [7, 11) is 0. The zero-order valence-corrected chi connectivity index (χ0v) is 11.5. The minimum atomic E-state index is -0.0399. The molecule has 0 radical (unpaired) electrons. The standard InChI is InChI=1S/C11H14BrClN2O/c1-7(2)15-11(16)6-14-10-5-8(13)3-4-9(10)12/h3-5,7,14H,6H2,1-2H3,(H,15,16). The first-order chi connectivity index (χ1) is 7.49. The summed E-state index contributed by atoms with van der Waals surface area (Å²) >= 11 is 9.23. The largest absolute Gasteiger partial charge is 0.375 e. The number of carbonyl (C=O) groups excluding carboxylic acids is 1. The molecule has 1 rings (SSSR count). The van der Waals surface area contributed by atoms with Crippen molar-refractivity contribution in [2.45, 2.75) is 19.9 Å². The minimum Gasteiger partial charge on any atom is -0.375 e. The average molecular weight is 306 g/mol. The van der Waals surface area contributed by atoms with E-state index in [0.29, 0.717) is 5.02 Å². The number of rotatable bonds is 4. The van der Waals surface area contributed by atoms with E-state index < -0.39 is 0 Å². The summed E-state index contributed by atoms with van der Waals surface area (Å²) in [6.07, 6.45) is 0. The van der Waals surface area contributed by atoms with Crippen molar-refractivity contribution in [3.8, 4) is 0 Å². The van der Waals surface area contributed by atoms with Crippen LogP contribution in [0, 0.1) is 0 Å². The number of benzene rings is 1. The summed E-state index contributed by atoms with van der Waals surface area (Å²) in [6, 6.07) is 5.54. The van der Waals surface area contributed by atoms with Gasteiger partial charge in [-0.05, 0) is 48.0 Å². The fraction of sp³-hybridized carbons (Fsp3) is 0.364. The lowest BCUT2D eigenvalue weighted by atomic mass is 10.3. The van der Waals surface area contributed by atoms with E-state index in [-0.39, 0.29) is 18.5 Å². The maximum Gasteiger partial charge on any atom is 0.239 e. The van der Waals surface area contributed by atoms with Crippen LogP contribution in [0.15, 0.2) is 22.7 Å². The van der Waals surface area contributed by atoms with Crippen molar-refractivity contribution in [3.05, 3.63) is 27.7 Å². The van der Waals surface area contributed by atoms with Gasteiger partial charge in [-0.1, -0.05) is 11.6 Å². The van der Waals surface area contributed by atoms with Gasteiger partial charge in [0.2, 0.25) is 5.91 Å². The molecule has 0 aromatic heterocycles. The second kappa shape index (κ2) is 6.11. The quantitative estimate of drug-likeness (QED) is 0.898. The number of nitrogens with one attached hydrogen (secondary N) is 2. The lowest BCUT2D eigenvalue weighted by Gasteiger charge is -2.11. The van der Waals surface area contributed by atoms with E-state index in [0.717, 1.165) is 10.2 Å². The van der Waals surface area contributed by atoms with Crippen molar-refractivity contribution in [2.24, 2.45) is 0 Å². The SMILES string of the molecule is CC(C)NC(=O)CNc1cc(Cl)ccc1Br. The molecule has 16 heavy (non-hydrogen) atoms. The van der Waals surface area contributed by atoms with Crippen LogP contribution >= 0.6 is 27.5 Å². The summed E-state index contributed by atoms with van der Waals surface area (Å²) in [6.45, 7) is 4.08. The van der Waals surface area contributed by atoms with Gasteiger partial charge >= 0.3 is 0 Å². The molecule has 0 bridgehead atoms. The normalized spacial score (nSPS) is 10.3. The molecule has 0 saturated carbocycles. The zero-order chi connectivity index (χ0) is 12.1. The van der Waals surface area contributed by atoms with E-state index in [4.69, 9.17) is 11.6 Å². The minimum absolute atomic E-state index is 0.0399. The van der Waals surface area contributed by atoms with Gasteiger partial charge in [-0.3, -0.25) is 4.79 Å². The third-order valence-electron chi connectivity index (χ3n) is 1.82. The maximum atomic E-state index is 11.4. The number of anilines is 1. The Kier molecular flexibility index (Phi) is 5.09. The fourth-order valence-electron chi connectivity index (χ4n) is 1.18. The van der Waals surface area contributed by atoms with Crippen LogP contribution in [0.25, 0.3) is 0 Å². The predicted molar refractivity (Wildman–Crippen MR) is 70.9 cm³/mol. The van der Waals surface area contributed by atoms with Gasteiger partial charge in [0.05, 0.1) is 12.2 Å². The van der Waals surface area contributed by atoms with Crippen molar-refractivity contribution < 1.29 is 4.79 Å². The molecule has 0 aliphatic heterocycles. The Morgan fingerprint density at radius 1 is 1.50 bits per heavy atom. The Morgan fingerprint density at radius 2 is 2.19 bits per heavy atom. The molecule has 2 N–H and O–H groups in total. The van der Waals surface area contributed by atoms with Crippen LogP contribution in [0.1, 0.15) is 13.8 Å². The van der Waals surface area contributed by atoms with Gasteiger partial charge in [-0.15, -0.1) is 0 Å². The number of amides is 1. The van der Waals surface area contributed by atoms with Crippen LogP contribution < -0.4 is 10.6 Å². The van der Waals surface area contributed by atoms with Crippen LogP contribution in [0.2, 0.25) is 5.02 Å². The molecule has 0 aliphatic carbocycles. The molecule has 88 valence electrons. The van der Waals surface area contributed by atoms with E-state index in [2.05, 4.69) is 26.6 Å². The highest BCUT2D eigenvalue weighted by atomic mass is 79.9. The predicted octanol–water partition coefficient (Wildman–Crippen LogP) is 3.04. The summed E-state index contributed by atoms with van der Waals surface area (Å²) in [4.78, 5) is 11.4. The number of carbonyl (C=O) groups is 1. The number of hydrogen-bond acceptors (Lipinski definition) is 2. The average Bonchev–Trinajstić information content (AvgIpc) is 2.18. The molecule has 5 heteroatoms.